The number of ether oxygens (including phenoxy) is 2. The highest BCUT2D eigenvalue weighted by molar-refractivity contribution is 6.28. The monoisotopic (exact) mass is 343 g/mol. The molecule has 0 spiro atoms. The molecule has 1 fully saturated rings. The standard InChI is InChI=1S/C13H15ClFN5O3/c1-2-8(21)22-4-6-3-7(15)12(23-6)20-5-17-9-10(16)18-13(14)19-11(9)20/h5-7,12H,2-4H2,1H3,(H2,16,18,19). The molecule has 1 aliphatic heterocycles. The van der Waals surface area contributed by atoms with Gasteiger partial charge in [-0.15, -0.1) is 0 Å². The Morgan fingerprint density at radius 2 is 2.39 bits per heavy atom. The van der Waals surface area contributed by atoms with Gasteiger partial charge < -0.3 is 15.2 Å². The zero-order valence-corrected chi connectivity index (χ0v) is 13.0. The molecule has 0 radical (unpaired) electrons. The summed E-state index contributed by atoms with van der Waals surface area (Å²) in [5, 5.41) is -0.0569. The first-order valence-electron chi connectivity index (χ1n) is 7.10. The van der Waals surface area contributed by atoms with Crippen molar-refractivity contribution in [3.63, 3.8) is 0 Å². The summed E-state index contributed by atoms with van der Waals surface area (Å²) < 4.78 is 26.4. The SMILES string of the molecule is CCC(=O)OCC1CC(F)C(n2cnc3c(N)nc(Cl)nc32)O1. The molecule has 124 valence electrons. The average molecular weight is 344 g/mol. The van der Waals surface area contributed by atoms with Crippen LogP contribution >= 0.6 is 11.6 Å². The van der Waals surface area contributed by atoms with E-state index >= 15 is 0 Å². The lowest BCUT2D eigenvalue weighted by Gasteiger charge is -2.16. The topological polar surface area (TPSA) is 105 Å². The number of hydrogen-bond acceptors (Lipinski definition) is 7. The molecule has 3 atom stereocenters. The van der Waals surface area contributed by atoms with Crippen LogP contribution in [0.25, 0.3) is 11.2 Å². The molecule has 0 bridgehead atoms. The van der Waals surface area contributed by atoms with Gasteiger partial charge in [-0.1, -0.05) is 6.92 Å². The molecule has 1 saturated heterocycles. The maximum atomic E-state index is 14.3. The zero-order chi connectivity index (χ0) is 16.6. The molecular weight excluding hydrogens is 329 g/mol. The van der Waals surface area contributed by atoms with Gasteiger partial charge in [-0.25, -0.2) is 9.37 Å². The summed E-state index contributed by atoms with van der Waals surface area (Å²) in [5.74, 6) is -0.242. The van der Waals surface area contributed by atoms with Gasteiger partial charge in [0.25, 0.3) is 0 Å². The van der Waals surface area contributed by atoms with Crippen LogP contribution in [0.15, 0.2) is 6.33 Å². The number of nitrogen functional groups attached to an aromatic ring is 1. The number of halogens is 2. The van der Waals surface area contributed by atoms with Crippen LogP contribution in [0.4, 0.5) is 10.2 Å². The molecule has 3 unspecified atom stereocenters. The molecule has 2 N–H and O–H groups in total. The molecule has 0 saturated carbocycles. The predicted molar refractivity (Wildman–Crippen MR) is 79.4 cm³/mol. The van der Waals surface area contributed by atoms with E-state index in [1.165, 1.54) is 10.9 Å². The Kier molecular flexibility index (Phi) is 4.31. The number of nitrogens with two attached hydrogens (primary N) is 1. The fraction of sp³-hybridized carbons (Fsp3) is 0.538. The first kappa shape index (κ1) is 15.9. The highest BCUT2D eigenvalue weighted by Gasteiger charge is 2.38. The van der Waals surface area contributed by atoms with E-state index < -0.39 is 18.5 Å². The van der Waals surface area contributed by atoms with Gasteiger partial charge >= 0.3 is 5.97 Å². The Morgan fingerprint density at radius 1 is 1.61 bits per heavy atom. The predicted octanol–water partition coefficient (Wildman–Crippen LogP) is 1.64. The maximum Gasteiger partial charge on any atom is 0.305 e. The summed E-state index contributed by atoms with van der Waals surface area (Å²) >= 11 is 5.79. The Bertz CT molecular complexity index is 740. The smallest absolute Gasteiger partial charge is 0.305 e. The third-order valence-corrected chi connectivity index (χ3v) is 3.71. The molecule has 23 heavy (non-hydrogen) atoms. The first-order valence-corrected chi connectivity index (χ1v) is 7.48. The number of aromatic nitrogens is 4. The Morgan fingerprint density at radius 3 is 3.13 bits per heavy atom. The molecule has 10 heteroatoms. The third kappa shape index (κ3) is 3.06. The van der Waals surface area contributed by atoms with Crippen LogP contribution in [0.2, 0.25) is 5.28 Å². The summed E-state index contributed by atoms with van der Waals surface area (Å²) in [6.45, 7) is 1.69. The number of carbonyl (C=O) groups excluding carboxylic acids is 1. The van der Waals surface area contributed by atoms with E-state index in [-0.39, 0.29) is 36.5 Å². The van der Waals surface area contributed by atoms with E-state index in [0.29, 0.717) is 11.2 Å². The van der Waals surface area contributed by atoms with Gasteiger partial charge in [0.1, 0.15) is 18.3 Å². The number of rotatable bonds is 4. The van der Waals surface area contributed by atoms with Crippen LogP contribution in [0, 0.1) is 0 Å². The van der Waals surface area contributed by atoms with Crippen molar-refractivity contribution in [3.8, 4) is 0 Å². The van der Waals surface area contributed by atoms with Gasteiger partial charge in [-0.05, 0) is 11.6 Å². The lowest BCUT2D eigenvalue weighted by Crippen LogP contribution is -2.19. The van der Waals surface area contributed by atoms with Crippen molar-refractivity contribution in [2.24, 2.45) is 0 Å². The van der Waals surface area contributed by atoms with Crippen LogP contribution in [0.1, 0.15) is 26.0 Å². The lowest BCUT2D eigenvalue weighted by molar-refractivity contribution is -0.148. The molecule has 8 nitrogen and oxygen atoms in total. The van der Waals surface area contributed by atoms with E-state index in [1.807, 2.05) is 0 Å². The number of hydrogen-bond donors (Lipinski definition) is 1. The van der Waals surface area contributed by atoms with E-state index in [4.69, 9.17) is 26.8 Å². The molecule has 2 aromatic heterocycles. The van der Waals surface area contributed by atoms with Crippen molar-refractivity contribution in [1.82, 2.24) is 19.5 Å². The number of alkyl halides is 1. The Labute approximate surface area is 135 Å². The number of anilines is 1. The van der Waals surface area contributed by atoms with Crippen molar-refractivity contribution in [2.75, 3.05) is 12.3 Å². The quantitative estimate of drug-likeness (QED) is 0.664. The van der Waals surface area contributed by atoms with Crippen molar-refractivity contribution in [3.05, 3.63) is 11.6 Å². The normalized spacial score (nSPS) is 24.2. The molecular formula is C13H15ClFN5O3. The summed E-state index contributed by atoms with van der Waals surface area (Å²) in [4.78, 5) is 23.1. The molecule has 0 aliphatic carbocycles. The second-order valence-corrected chi connectivity index (χ2v) is 5.48. The van der Waals surface area contributed by atoms with Gasteiger partial charge in [0, 0.05) is 12.8 Å². The summed E-state index contributed by atoms with van der Waals surface area (Å²) in [7, 11) is 0. The molecule has 0 aromatic carbocycles. The number of nitrogens with zero attached hydrogens (tertiary/aromatic N) is 4. The summed E-state index contributed by atoms with van der Waals surface area (Å²) in [6, 6.07) is 0. The fourth-order valence-corrected chi connectivity index (χ4v) is 2.61. The van der Waals surface area contributed by atoms with Crippen molar-refractivity contribution in [2.45, 2.75) is 38.3 Å². The number of fused-ring (bicyclic) bond motifs is 1. The van der Waals surface area contributed by atoms with Gasteiger partial charge in [-0.2, -0.15) is 9.97 Å². The first-order chi connectivity index (χ1) is 11.0. The van der Waals surface area contributed by atoms with E-state index in [2.05, 4.69) is 15.0 Å². The number of carbonyl (C=O) groups is 1. The average Bonchev–Trinajstić information content (AvgIpc) is 3.08. The van der Waals surface area contributed by atoms with Gasteiger partial charge in [0.05, 0.1) is 12.4 Å². The van der Waals surface area contributed by atoms with Crippen LogP contribution in [0.5, 0.6) is 0 Å². The molecule has 3 heterocycles. The Balaban J connectivity index is 1.81. The van der Waals surface area contributed by atoms with Gasteiger partial charge in [-0.3, -0.25) is 9.36 Å². The van der Waals surface area contributed by atoms with Crippen LogP contribution < -0.4 is 5.73 Å². The molecule has 1 aliphatic rings. The van der Waals surface area contributed by atoms with Gasteiger partial charge in [0.15, 0.2) is 17.7 Å². The van der Waals surface area contributed by atoms with Crippen LogP contribution in [-0.4, -0.2) is 44.4 Å². The molecule has 3 rings (SSSR count). The minimum Gasteiger partial charge on any atom is -0.463 e. The highest BCUT2D eigenvalue weighted by Crippen LogP contribution is 2.34. The summed E-state index contributed by atoms with van der Waals surface area (Å²) in [6.07, 6.45) is -1.02. The third-order valence-electron chi connectivity index (χ3n) is 3.54. The number of imidazole rings is 1. The van der Waals surface area contributed by atoms with E-state index in [0.717, 1.165) is 0 Å². The van der Waals surface area contributed by atoms with Crippen molar-refractivity contribution in [1.29, 1.82) is 0 Å². The zero-order valence-electron chi connectivity index (χ0n) is 12.3. The van der Waals surface area contributed by atoms with Gasteiger partial charge in [0.2, 0.25) is 5.28 Å². The van der Waals surface area contributed by atoms with Crippen LogP contribution in [0.3, 0.4) is 0 Å². The van der Waals surface area contributed by atoms with Crippen LogP contribution in [-0.2, 0) is 14.3 Å². The second-order valence-electron chi connectivity index (χ2n) is 5.14. The molecule has 0 amide bonds. The number of esters is 1. The van der Waals surface area contributed by atoms with E-state index in [1.54, 1.807) is 6.92 Å². The largest absolute Gasteiger partial charge is 0.463 e. The fourth-order valence-electron chi connectivity index (χ4n) is 2.44. The minimum absolute atomic E-state index is 0.00804. The minimum atomic E-state index is -1.30. The second kappa shape index (κ2) is 6.25. The maximum absolute atomic E-state index is 14.3. The molecule has 2 aromatic rings. The highest BCUT2D eigenvalue weighted by atomic mass is 35.5. The van der Waals surface area contributed by atoms with Crippen molar-refractivity contribution >= 4 is 34.6 Å². The lowest BCUT2D eigenvalue weighted by atomic mass is 10.2. The van der Waals surface area contributed by atoms with Crippen molar-refractivity contribution < 1.29 is 18.7 Å². The summed E-state index contributed by atoms with van der Waals surface area (Å²) in [5.41, 5.74) is 6.34. The Hall–Kier alpha value is -2.00. The van der Waals surface area contributed by atoms with E-state index in [9.17, 15) is 9.18 Å².